The Morgan fingerprint density at radius 1 is 1.17 bits per heavy atom. The van der Waals surface area contributed by atoms with Gasteiger partial charge in [-0.25, -0.2) is 0 Å². The fourth-order valence-corrected chi connectivity index (χ4v) is 1.87. The molecule has 0 aliphatic heterocycles. The minimum absolute atomic E-state index is 0.0348. The zero-order chi connectivity index (χ0) is 13.0. The lowest BCUT2D eigenvalue weighted by atomic mass is 9.96. The van der Waals surface area contributed by atoms with E-state index in [1.165, 1.54) is 6.07 Å². The molecule has 0 atom stereocenters. The molecule has 0 aromatic heterocycles. The number of carbonyl (C=O) groups is 1. The summed E-state index contributed by atoms with van der Waals surface area (Å²) in [5, 5.41) is 9.47. The Hall–Kier alpha value is -2.35. The molecule has 2 aromatic carbocycles. The number of carbonyl (C=O) groups excluding carboxylic acids is 1. The van der Waals surface area contributed by atoms with Gasteiger partial charge in [0, 0.05) is 11.1 Å². The first-order chi connectivity index (χ1) is 8.72. The Labute approximate surface area is 106 Å². The van der Waals surface area contributed by atoms with Crippen LogP contribution in [-0.2, 0) is 6.42 Å². The molecule has 0 saturated heterocycles. The number of allylic oxidation sites excluding steroid dienone is 1. The molecule has 0 heterocycles. The second-order valence-electron chi connectivity index (χ2n) is 4.03. The molecule has 1 N–H and O–H groups in total. The van der Waals surface area contributed by atoms with Crippen LogP contribution in [0, 0.1) is 0 Å². The van der Waals surface area contributed by atoms with Gasteiger partial charge in [0.1, 0.15) is 5.75 Å². The van der Waals surface area contributed by atoms with E-state index in [9.17, 15) is 9.90 Å². The van der Waals surface area contributed by atoms with E-state index < -0.39 is 0 Å². The number of aromatic hydroxyl groups is 1. The Balaban J connectivity index is 2.44. The standard InChI is InChI=1S/C16H14O2/c1-2-6-13-11-14(17)9-10-15(13)16(18)12-7-4-3-5-8-12/h2-5,7-11,17H,1,6H2. The SMILES string of the molecule is C=CCc1cc(O)ccc1C(=O)c1ccccc1. The van der Waals surface area contributed by atoms with Crippen molar-refractivity contribution >= 4 is 5.78 Å². The van der Waals surface area contributed by atoms with Gasteiger partial charge in [0.25, 0.3) is 0 Å². The van der Waals surface area contributed by atoms with E-state index in [0.717, 1.165) is 5.56 Å². The van der Waals surface area contributed by atoms with Crippen molar-refractivity contribution in [3.63, 3.8) is 0 Å². The van der Waals surface area contributed by atoms with Crippen LogP contribution < -0.4 is 0 Å². The molecular formula is C16H14O2. The summed E-state index contributed by atoms with van der Waals surface area (Å²) in [5.74, 6) is 0.129. The van der Waals surface area contributed by atoms with Gasteiger partial charge in [-0.3, -0.25) is 4.79 Å². The summed E-state index contributed by atoms with van der Waals surface area (Å²) in [6, 6.07) is 13.9. The minimum atomic E-state index is -0.0348. The van der Waals surface area contributed by atoms with Gasteiger partial charge in [-0.2, -0.15) is 0 Å². The van der Waals surface area contributed by atoms with Gasteiger partial charge in [0.05, 0.1) is 0 Å². The predicted molar refractivity (Wildman–Crippen MR) is 71.9 cm³/mol. The van der Waals surface area contributed by atoms with Crippen molar-refractivity contribution in [2.45, 2.75) is 6.42 Å². The van der Waals surface area contributed by atoms with Gasteiger partial charge in [-0.15, -0.1) is 6.58 Å². The van der Waals surface area contributed by atoms with Crippen molar-refractivity contribution in [2.24, 2.45) is 0 Å². The molecule has 0 amide bonds. The van der Waals surface area contributed by atoms with Gasteiger partial charge in [0.2, 0.25) is 0 Å². The summed E-state index contributed by atoms with van der Waals surface area (Å²) in [6.07, 6.45) is 2.28. The molecule has 0 unspecified atom stereocenters. The van der Waals surface area contributed by atoms with Crippen LogP contribution in [0.2, 0.25) is 0 Å². The second kappa shape index (κ2) is 5.32. The van der Waals surface area contributed by atoms with Gasteiger partial charge in [-0.05, 0) is 30.2 Å². The third kappa shape index (κ3) is 2.48. The summed E-state index contributed by atoms with van der Waals surface area (Å²) < 4.78 is 0. The van der Waals surface area contributed by atoms with Gasteiger partial charge in [-0.1, -0.05) is 36.4 Å². The minimum Gasteiger partial charge on any atom is -0.508 e. The molecule has 0 saturated carbocycles. The van der Waals surface area contributed by atoms with E-state index in [2.05, 4.69) is 6.58 Å². The number of hydrogen-bond acceptors (Lipinski definition) is 2. The summed E-state index contributed by atoms with van der Waals surface area (Å²) in [6.45, 7) is 3.67. The Morgan fingerprint density at radius 2 is 1.89 bits per heavy atom. The van der Waals surface area contributed by atoms with Crippen molar-refractivity contribution in [1.82, 2.24) is 0 Å². The number of ketones is 1. The average Bonchev–Trinajstić information content (AvgIpc) is 2.40. The molecular weight excluding hydrogens is 224 g/mol. The van der Waals surface area contributed by atoms with Crippen LogP contribution in [-0.4, -0.2) is 10.9 Å². The lowest BCUT2D eigenvalue weighted by Crippen LogP contribution is -2.04. The van der Waals surface area contributed by atoms with Crippen molar-refractivity contribution in [3.05, 3.63) is 77.9 Å². The first kappa shape index (κ1) is 12.1. The van der Waals surface area contributed by atoms with E-state index in [0.29, 0.717) is 17.5 Å². The number of benzene rings is 2. The largest absolute Gasteiger partial charge is 0.508 e. The van der Waals surface area contributed by atoms with E-state index >= 15 is 0 Å². The highest BCUT2D eigenvalue weighted by atomic mass is 16.3. The van der Waals surface area contributed by atoms with Crippen LogP contribution in [0.25, 0.3) is 0 Å². The molecule has 0 aliphatic rings. The van der Waals surface area contributed by atoms with E-state index in [4.69, 9.17) is 0 Å². The molecule has 90 valence electrons. The summed E-state index contributed by atoms with van der Waals surface area (Å²) in [5.41, 5.74) is 2.05. The zero-order valence-electron chi connectivity index (χ0n) is 9.97. The van der Waals surface area contributed by atoms with Crippen molar-refractivity contribution in [2.75, 3.05) is 0 Å². The van der Waals surface area contributed by atoms with Gasteiger partial charge < -0.3 is 5.11 Å². The summed E-state index contributed by atoms with van der Waals surface area (Å²) in [7, 11) is 0. The maximum atomic E-state index is 12.3. The maximum Gasteiger partial charge on any atom is 0.193 e. The molecule has 2 heteroatoms. The first-order valence-electron chi connectivity index (χ1n) is 5.75. The van der Waals surface area contributed by atoms with Crippen LogP contribution in [0.15, 0.2) is 61.2 Å². The highest BCUT2D eigenvalue weighted by molar-refractivity contribution is 6.10. The smallest absolute Gasteiger partial charge is 0.193 e. The van der Waals surface area contributed by atoms with Crippen LogP contribution in [0.1, 0.15) is 21.5 Å². The quantitative estimate of drug-likeness (QED) is 0.655. The first-order valence-corrected chi connectivity index (χ1v) is 5.75. The van der Waals surface area contributed by atoms with Crippen molar-refractivity contribution in [1.29, 1.82) is 0 Å². The third-order valence-electron chi connectivity index (χ3n) is 2.73. The zero-order valence-corrected chi connectivity index (χ0v) is 9.97. The maximum absolute atomic E-state index is 12.3. The number of phenolic OH excluding ortho intramolecular Hbond substituents is 1. The molecule has 2 rings (SSSR count). The highest BCUT2D eigenvalue weighted by Gasteiger charge is 2.13. The Bertz CT molecular complexity index is 571. The highest BCUT2D eigenvalue weighted by Crippen LogP contribution is 2.20. The van der Waals surface area contributed by atoms with Gasteiger partial charge >= 0.3 is 0 Å². The Morgan fingerprint density at radius 3 is 2.56 bits per heavy atom. The lowest BCUT2D eigenvalue weighted by Gasteiger charge is -2.07. The van der Waals surface area contributed by atoms with E-state index in [-0.39, 0.29) is 11.5 Å². The summed E-state index contributed by atoms with van der Waals surface area (Å²) in [4.78, 5) is 12.3. The molecule has 2 nitrogen and oxygen atoms in total. The summed E-state index contributed by atoms with van der Waals surface area (Å²) >= 11 is 0. The van der Waals surface area contributed by atoms with Crippen LogP contribution in [0.3, 0.4) is 0 Å². The molecule has 18 heavy (non-hydrogen) atoms. The predicted octanol–water partition coefficient (Wildman–Crippen LogP) is 3.35. The lowest BCUT2D eigenvalue weighted by molar-refractivity contribution is 0.103. The average molecular weight is 238 g/mol. The van der Waals surface area contributed by atoms with E-state index in [1.54, 1.807) is 30.3 Å². The third-order valence-corrected chi connectivity index (χ3v) is 2.73. The normalized spacial score (nSPS) is 10.0. The van der Waals surface area contributed by atoms with Gasteiger partial charge in [0.15, 0.2) is 5.78 Å². The van der Waals surface area contributed by atoms with Crippen LogP contribution >= 0.6 is 0 Å². The molecule has 0 fully saturated rings. The molecule has 0 spiro atoms. The topological polar surface area (TPSA) is 37.3 Å². The van der Waals surface area contributed by atoms with Crippen LogP contribution in [0.4, 0.5) is 0 Å². The number of hydrogen-bond donors (Lipinski definition) is 1. The molecule has 0 radical (unpaired) electrons. The van der Waals surface area contributed by atoms with Crippen LogP contribution in [0.5, 0.6) is 5.75 Å². The van der Waals surface area contributed by atoms with E-state index in [1.807, 2.05) is 18.2 Å². The monoisotopic (exact) mass is 238 g/mol. The number of rotatable bonds is 4. The fourth-order valence-electron chi connectivity index (χ4n) is 1.87. The second-order valence-corrected chi connectivity index (χ2v) is 4.03. The van der Waals surface area contributed by atoms with Crippen molar-refractivity contribution < 1.29 is 9.90 Å². The molecule has 2 aromatic rings. The van der Waals surface area contributed by atoms with Crippen molar-refractivity contribution in [3.8, 4) is 5.75 Å². The Kier molecular flexibility index (Phi) is 3.58. The molecule has 0 bridgehead atoms. The molecule has 0 aliphatic carbocycles. The fraction of sp³-hybridized carbons (Fsp3) is 0.0625. The number of phenols is 1.